The molecule has 2 aromatic carbocycles. The summed E-state index contributed by atoms with van der Waals surface area (Å²) in [6, 6.07) is 16.2. The molecule has 0 aliphatic carbocycles. The molecule has 0 heterocycles. The third-order valence-corrected chi connectivity index (χ3v) is 3.53. The molecule has 0 amide bonds. The van der Waals surface area contributed by atoms with E-state index in [1.54, 1.807) is 14.2 Å². The van der Waals surface area contributed by atoms with Crippen LogP contribution in [0.5, 0.6) is 11.5 Å². The van der Waals surface area contributed by atoms with Gasteiger partial charge in [-0.2, -0.15) is 0 Å². The topological polar surface area (TPSA) is 44.5 Å². The molecule has 2 N–H and O–H groups in total. The first kappa shape index (κ1) is 14.4. The zero-order valence-corrected chi connectivity index (χ0v) is 12.0. The Morgan fingerprint density at radius 2 is 1.65 bits per heavy atom. The Balaban J connectivity index is 2.19. The fourth-order valence-electron chi connectivity index (χ4n) is 2.35. The van der Waals surface area contributed by atoms with Crippen LogP contribution in [-0.4, -0.2) is 20.8 Å². The number of benzene rings is 2. The van der Waals surface area contributed by atoms with Crippen molar-refractivity contribution in [3.63, 3.8) is 0 Å². The van der Waals surface area contributed by atoms with Gasteiger partial charge >= 0.3 is 0 Å². The molecule has 2 rings (SSSR count). The lowest BCUT2D eigenvalue weighted by Gasteiger charge is -2.17. The van der Waals surface area contributed by atoms with Crippen molar-refractivity contribution in [1.29, 1.82) is 0 Å². The average Bonchev–Trinajstić information content (AvgIpc) is 2.53. The summed E-state index contributed by atoms with van der Waals surface area (Å²) in [5.41, 5.74) is 8.35. The van der Waals surface area contributed by atoms with Crippen LogP contribution in [0.1, 0.15) is 17.0 Å². The zero-order valence-electron chi connectivity index (χ0n) is 12.0. The standard InChI is InChI=1S/C17H21NO2/c1-19-16-9-7-13(8-10-16)15(12-18)11-14-5-3-4-6-17(14)20-2/h3-10,15H,11-12,18H2,1-2H3. The minimum absolute atomic E-state index is 0.275. The lowest BCUT2D eigenvalue weighted by molar-refractivity contribution is 0.408. The average molecular weight is 271 g/mol. The van der Waals surface area contributed by atoms with Crippen LogP contribution in [-0.2, 0) is 6.42 Å². The summed E-state index contributed by atoms with van der Waals surface area (Å²) in [4.78, 5) is 0. The first-order valence-electron chi connectivity index (χ1n) is 6.74. The van der Waals surface area contributed by atoms with Crippen LogP contribution >= 0.6 is 0 Å². The molecule has 0 bridgehead atoms. The highest BCUT2D eigenvalue weighted by Gasteiger charge is 2.13. The summed E-state index contributed by atoms with van der Waals surface area (Å²) >= 11 is 0. The second kappa shape index (κ2) is 6.96. The molecule has 2 aromatic rings. The monoisotopic (exact) mass is 271 g/mol. The van der Waals surface area contributed by atoms with Gasteiger partial charge in [0.25, 0.3) is 0 Å². The van der Waals surface area contributed by atoms with Crippen LogP contribution in [0.15, 0.2) is 48.5 Å². The van der Waals surface area contributed by atoms with E-state index in [9.17, 15) is 0 Å². The predicted octanol–water partition coefficient (Wildman–Crippen LogP) is 2.99. The fourth-order valence-corrected chi connectivity index (χ4v) is 2.35. The first-order chi connectivity index (χ1) is 9.78. The quantitative estimate of drug-likeness (QED) is 0.878. The van der Waals surface area contributed by atoms with Crippen molar-refractivity contribution < 1.29 is 9.47 Å². The number of ether oxygens (including phenoxy) is 2. The molecule has 0 spiro atoms. The Labute approximate surface area is 120 Å². The van der Waals surface area contributed by atoms with Gasteiger partial charge in [0.15, 0.2) is 0 Å². The van der Waals surface area contributed by atoms with E-state index in [1.165, 1.54) is 11.1 Å². The number of para-hydroxylation sites is 1. The van der Waals surface area contributed by atoms with Crippen molar-refractivity contribution in [2.24, 2.45) is 5.73 Å². The second-order valence-corrected chi connectivity index (χ2v) is 4.72. The van der Waals surface area contributed by atoms with Crippen LogP contribution in [0.4, 0.5) is 0 Å². The van der Waals surface area contributed by atoms with Crippen LogP contribution in [0.3, 0.4) is 0 Å². The van der Waals surface area contributed by atoms with Crippen molar-refractivity contribution in [2.45, 2.75) is 12.3 Å². The highest BCUT2D eigenvalue weighted by atomic mass is 16.5. The van der Waals surface area contributed by atoms with Crippen LogP contribution in [0, 0.1) is 0 Å². The normalized spacial score (nSPS) is 11.9. The Morgan fingerprint density at radius 1 is 0.950 bits per heavy atom. The minimum atomic E-state index is 0.275. The van der Waals surface area contributed by atoms with E-state index in [0.29, 0.717) is 6.54 Å². The van der Waals surface area contributed by atoms with Crippen molar-refractivity contribution in [3.8, 4) is 11.5 Å². The summed E-state index contributed by atoms with van der Waals surface area (Å²) in [6.45, 7) is 0.602. The van der Waals surface area contributed by atoms with E-state index in [1.807, 2.05) is 30.3 Å². The molecule has 0 aromatic heterocycles. The van der Waals surface area contributed by atoms with Crippen LogP contribution in [0.25, 0.3) is 0 Å². The summed E-state index contributed by atoms with van der Waals surface area (Å²) in [5, 5.41) is 0. The highest BCUT2D eigenvalue weighted by molar-refractivity contribution is 5.36. The molecular weight excluding hydrogens is 250 g/mol. The minimum Gasteiger partial charge on any atom is -0.497 e. The van der Waals surface area contributed by atoms with E-state index in [2.05, 4.69) is 18.2 Å². The molecule has 1 unspecified atom stereocenters. The van der Waals surface area contributed by atoms with Gasteiger partial charge in [-0.05, 0) is 42.3 Å². The molecule has 3 heteroatoms. The lowest BCUT2D eigenvalue weighted by Crippen LogP contribution is -2.15. The molecule has 106 valence electrons. The smallest absolute Gasteiger partial charge is 0.122 e. The van der Waals surface area contributed by atoms with Crippen LogP contribution < -0.4 is 15.2 Å². The van der Waals surface area contributed by atoms with Gasteiger partial charge in [0.05, 0.1) is 14.2 Å². The van der Waals surface area contributed by atoms with E-state index in [4.69, 9.17) is 15.2 Å². The van der Waals surface area contributed by atoms with Crippen molar-refractivity contribution in [1.82, 2.24) is 0 Å². The van der Waals surface area contributed by atoms with Gasteiger partial charge in [0, 0.05) is 5.92 Å². The number of nitrogens with two attached hydrogens (primary N) is 1. The van der Waals surface area contributed by atoms with Crippen molar-refractivity contribution >= 4 is 0 Å². The van der Waals surface area contributed by atoms with Crippen molar-refractivity contribution in [2.75, 3.05) is 20.8 Å². The number of hydrogen-bond donors (Lipinski definition) is 1. The van der Waals surface area contributed by atoms with Gasteiger partial charge in [-0.15, -0.1) is 0 Å². The Bertz CT molecular complexity index is 537. The molecule has 20 heavy (non-hydrogen) atoms. The molecule has 0 radical (unpaired) electrons. The SMILES string of the molecule is COc1ccc(C(CN)Cc2ccccc2OC)cc1. The summed E-state index contributed by atoms with van der Waals surface area (Å²) < 4.78 is 10.6. The molecule has 0 aliphatic heterocycles. The predicted molar refractivity (Wildman–Crippen MR) is 81.5 cm³/mol. The molecule has 1 atom stereocenters. The Hall–Kier alpha value is -2.00. The first-order valence-corrected chi connectivity index (χ1v) is 6.74. The lowest BCUT2D eigenvalue weighted by atomic mass is 9.91. The maximum absolute atomic E-state index is 5.94. The number of methoxy groups -OCH3 is 2. The Morgan fingerprint density at radius 3 is 2.25 bits per heavy atom. The van der Waals surface area contributed by atoms with Crippen LogP contribution in [0.2, 0.25) is 0 Å². The summed E-state index contributed by atoms with van der Waals surface area (Å²) in [6.07, 6.45) is 0.868. The zero-order chi connectivity index (χ0) is 14.4. The molecule has 0 aliphatic rings. The Kier molecular flexibility index (Phi) is 5.02. The summed E-state index contributed by atoms with van der Waals surface area (Å²) in [5.74, 6) is 2.05. The molecular formula is C17H21NO2. The van der Waals surface area contributed by atoms with E-state index >= 15 is 0 Å². The van der Waals surface area contributed by atoms with E-state index < -0.39 is 0 Å². The van der Waals surface area contributed by atoms with Crippen molar-refractivity contribution in [3.05, 3.63) is 59.7 Å². The molecule has 0 saturated carbocycles. The van der Waals surface area contributed by atoms with Gasteiger partial charge in [-0.3, -0.25) is 0 Å². The third kappa shape index (κ3) is 3.31. The third-order valence-electron chi connectivity index (χ3n) is 3.53. The van der Waals surface area contributed by atoms with Gasteiger partial charge in [0.2, 0.25) is 0 Å². The second-order valence-electron chi connectivity index (χ2n) is 4.72. The van der Waals surface area contributed by atoms with Gasteiger partial charge < -0.3 is 15.2 Å². The van der Waals surface area contributed by atoms with Gasteiger partial charge in [-0.25, -0.2) is 0 Å². The number of hydrogen-bond acceptors (Lipinski definition) is 3. The van der Waals surface area contributed by atoms with Gasteiger partial charge in [0.1, 0.15) is 11.5 Å². The maximum Gasteiger partial charge on any atom is 0.122 e. The summed E-state index contributed by atoms with van der Waals surface area (Å²) in [7, 11) is 3.37. The van der Waals surface area contributed by atoms with E-state index in [0.717, 1.165) is 17.9 Å². The van der Waals surface area contributed by atoms with Gasteiger partial charge in [-0.1, -0.05) is 30.3 Å². The largest absolute Gasteiger partial charge is 0.497 e. The highest BCUT2D eigenvalue weighted by Crippen LogP contribution is 2.26. The molecule has 3 nitrogen and oxygen atoms in total. The molecule has 0 saturated heterocycles. The number of rotatable bonds is 6. The van der Waals surface area contributed by atoms with E-state index in [-0.39, 0.29) is 5.92 Å². The maximum atomic E-state index is 5.94. The fraction of sp³-hybridized carbons (Fsp3) is 0.294. The molecule has 0 fully saturated rings.